The minimum Gasteiger partial charge on any atom is -0.496 e. The first-order valence-electron chi connectivity index (χ1n) is 12.2. The Morgan fingerprint density at radius 3 is 2.36 bits per heavy atom. The summed E-state index contributed by atoms with van der Waals surface area (Å²) in [4.78, 5) is 12.2. The summed E-state index contributed by atoms with van der Waals surface area (Å²) in [7, 11) is -0.480. The lowest BCUT2D eigenvalue weighted by Gasteiger charge is -2.24. The van der Waals surface area contributed by atoms with Gasteiger partial charge in [-0.2, -0.15) is 4.31 Å². The Bertz CT molecular complexity index is 1620. The topological polar surface area (TPSA) is 107 Å². The van der Waals surface area contributed by atoms with Gasteiger partial charge in [0.25, 0.3) is 0 Å². The van der Waals surface area contributed by atoms with Crippen LogP contribution in [0.2, 0.25) is 0 Å². The van der Waals surface area contributed by atoms with Crippen molar-refractivity contribution in [2.45, 2.75) is 18.9 Å². The van der Waals surface area contributed by atoms with Gasteiger partial charge in [-0.3, -0.25) is 0 Å². The maximum atomic E-state index is 13.2. The number of methoxy groups -OCH3 is 1. The van der Waals surface area contributed by atoms with Crippen LogP contribution in [0.15, 0.2) is 65.1 Å². The molecule has 1 aliphatic heterocycles. The largest absolute Gasteiger partial charge is 0.496 e. The van der Waals surface area contributed by atoms with Crippen molar-refractivity contribution in [3.63, 3.8) is 0 Å². The van der Waals surface area contributed by atoms with Crippen molar-refractivity contribution in [1.82, 2.24) is 9.62 Å². The number of halogens is 1. The van der Waals surface area contributed by atoms with E-state index in [1.165, 1.54) is 49.0 Å². The molecule has 1 unspecified atom stereocenters. The quantitative estimate of drug-likeness (QED) is 0.305. The fraction of sp³-hybridized carbons (Fsp3) is 0.250. The number of rotatable bonds is 7. The van der Waals surface area contributed by atoms with Gasteiger partial charge in [0.2, 0.25) is 10.0 Å². The molecule has 39 heavy (non-hydrogen) atoms. The molecule has 0 spiro atoms. The van der Waals surface area contributed by atoms with Gasteiger partial charge >= 0.3 is 6.09 Å². The van der Waals surface area contributed by atoms with Crippen LogP contribution in [-0.4, -0.2) is 45.8 Å². The molecule has 1 saturated heterocycles. The maximum Gasteiger partial charge on any atom is 0.412 e. The summed E-state index contributed by atoms with van der Waals surface area (Å²) in [6.07, 6.45) is 1.87. The Balaban J connectivity index is 1.57. The fourth-order valence-electron chi connectivity index (χ4n) is 4.75. The lowest BCUT2D eigenvalue weighted by atomic mass is 10.0. The molecular weight excluding hydrogens is 527 g/mol. The van der Waals surface area contributed by atoms with Gasteiger partial charge in [0, 0.05) is 24.7 Å². The van der Waals surface area contributed by atoms with E-state index < -0.39 is 22.2 Å². The van der Waals surface area contributed by atoms with Crippen molar-refractivity contribution in [1.29, 1.82) is 0 Å². The molecule has 1 aliphatic rings. The van der Waals surface area contributed by atoms with Gasteiger partial charge in [0.05, 0.1) is 24.8 Å². The summed E-state index contributed by atoms with van der Waals surface area (Å²) >= 11 is 0. The van der Waals surface area contributed by atoms with E-state index in [1.807, 2.05) is 0 Å². The molecule has 2 heterocycles. The number of amides is 1. The molecule has 1 fully saturated rings. The lowest BCUT2D eigenvalue weighted by Crippen LogP contribution is -2.29. The van der Waals surface area contributed by atoms with E-state index in [9.17, 15) is 17.6 Å². The summed E-state index contributed by atoms with van der Waals surface area (Å²) in [5.74, 6) is 1.58. The monoisotopic (exact) mass is 554 g/mol. The number of sulfonamides is 1. The van der Waals surface area contributed by atoms with E-state index in [2.05, 4.69) is 5.32 Å². The maximum absolute atomic E-state index is 13.2. The van der Waals surface area contributed by atoms with Crippen LogP contribution in [-0.2, 0) is 10.0 Å². The zero-order chi connectivity index (χ0) is 27.7. The highest BCUT2D eigenvalue weighted by Gasteiger charge is 2.35. The third-order valence-electron chi connectivity index (χ3n) is 6.55. The molecule has 9 nitrogen and oxygen atoms in total. The Kier molecular flexibility index (Phi) is 7.19. The standard InChI is InChI=1S/C28H27FN2O7S/c1-30-28(32)38-27-22-16-24(35-2)21(23-5-4-14-31(23)39(3,33)34)15-25(22)37-26(27)17-6-10-19(11-7-17)36-20-12-8-18(29)9-13-20/h6-13,15-16,23H,4-5,14H2,1-3H3,(H,30,32). The van der Waals surface area contributed by atoms with Gasteiger partial charge in [-0.1, -0.05) is 0 Å². The third-order valence-corrected chi connectivity index (χ3v) is 7.84. The molecule has 1 amide bonds. The highest BCUT2D eigenvalue weighted by atomic mass is 32.2. The summed E-state index contributed by atoms with van der Waals surface area (Å²) in [6, 6.07) is 15.6. The number of benzene rings is 3. The zero-order valence-electron chi connectivity index (χ0n) is 21.6. The number of ether oxygens (including phenoxy) is 3. The van der Waals surface area contributed by atoms with Gasteiger partial charge in [0.1, 0.15) is 28.6 Å². The van der Waals surface area contributed by atoms with Gasteiger partial charge in [-0.25, -0.2) is 17.6 Å². The normalized spacial score (nSPS) is 15.8. The molecule has 1 atom stereocenters. The lowest BCUT2D eigenvalue weighted by molar-refractivity contribution is 0.203. The molecule has 3 aromatic carbocycles. The van der Waals surface area contributed by atoms with Crippen molar-refractivity contribution < 1.29 is 36.2 Å². The molecule has 204 valence electrons. The SMILES string of the molecule is CNC(=O)Oc1c(-c2ccc(Oc3ccc(F)cc3)cc2)oc2cc(C3CCCN3S(C)(=O)=O)c(OC)cc12. The first kappa shape index (κ1) is 26.5. The predicted octanol–water partition coefficient (Wildman–Crippen LogP) is 5.85. The average Bonchev–Trinajstić information content (AvgIpc) is 3.55. The molecule has 11 heteroatoms. The third kappa shape index (κ3) is 5.41. The molecule has 1 aromatic heterocycles. The first-order chi connectivity index (χ1) is 18.7. The zero-order valence-corrected chi connectivity index (χ0v) is 22.4. The smallest absolute Gasteiger partial charge is 0.412 e. The Labute approximate surface area is 225 Å². The van der Waals surface area contributed by atoms with E-state index in [1.54, 1.807) is 36.4 Å². The molecule has 5 rings (SSSR count). The van der Waals surface area contributed by atoms with E-state index >= 15 is 0 Å². The van der Waals surface area contributed by atoms with Crippen molar-refractivity contribution in [3.05, 3.63) is 72.0 Å². The molecule has 0 bridgehead atoms. The first-order valence-corrected chi connectivity index (χ1v) is 14.1. The molecule has 1 N–H and O–H groups in total. The minimum atomic E-state index is -3.43. The van der Waals surface area contributed by atoms with Crippen molar-refractivity contribution in [2.24, 2.45) is 0 Å². The second-order valence-electron chi connectivity index (χ2n) is 9.10. The van der Waals surface area contributed by atoms with Gasteiger partial charge in [-0.15, -0.1) is 0 Å². The van der Waals surface area contributed by atoms with Crippen LogP contribution < -0.4 is 19.5 Å². The number of nitrogens with one attached hydrogen (secondary N) is 1. The number of hydrogen-bond acceptors (Lipinski definition) is 7. The van der Waals surface area contributed by atoms with E-state index in [4.69, 9.17) is 18.6 Å². The molecule has 0 saturated carbocycles. The van der Waals surface area contributed by atoms with Crippen LogP contribution in [0.25, 0.3) is 22.3 Å². The fourth-order valence-corrected chi connectivity index (χ4v) is 5.89. The molecule has 0 radical (unpaired) electrons. The summed E-state index contributed by atoms with van der Waals surface area (Å²) in [5, 5.41) is 2.93. The Hall–Kier alpha value is -4.09. The van der Waals surface area contributed by atoms with Crippen LogP contribution in [0.1, 0.15) is 24.4 Å². The van der Waals surface area contributed by atoms with E-state index in [0.717, 1.165) is 6.42 Å². The van der Waals surface area contributed by atoms with E-state index in [-0.39, 0.29) is 11.6 Å². The second-order valence-corrected chi connectivity index (χ2v) is 11.0. The average molecular weight is 555 g/mol. The van der Waals surface area contributed by atoms with Crippen molar-refractivity contribution >= 4 is 27.1 Å². The molecular formula is C28H27FN2O7S. The van der Waals surface area contributed by atoms with Crippen LogP contribution in [0.3, 0.4) is 0 Å². The van der Waals surface area contributed by atoms with Crippen LogP contribution in [0, 0.1) is 5.82 Å². The number of carbonyl (C=O) groups is 1. The number of carbonyl (C=O) groups excluding carboxylic acids is 1. The predicted molar refractivity (Wildman–Crippen MR) is 143 cm³/mol. The van der Waals surface area contributed by atoms with Crippen molar-refractivity contribution in [3.8, 4) is 34.3 Å². The van der Waals surface area contributed by atoms with E-state index in [0.29, 0.717) is 58.1 Å². The van der Waals surface area contributed by atoms with Crippen LogP contribution >= 0.6 is 0 Å². The van der Waals surface area contributed by atoms with Crippen LogP contribution in [0.4, 0.5) is 9.18 Å². The number of hydrogen-bond donors (Lipinski definition) is 1. The summed E-state index contributed by atoms with van der Waals surface area (Å²) in [5.41, 5.74) is 1.69. The summed E-state index contributed by atoms with van der Waals surface area (Å²) in [6.45, 7) is 0.422. The second kappa shape index (κ2) is 10.6. The highest BCUT2D eigenvalue weighted by molar-refractivity contribution is 7.88. The molecule has 4 aromatic rings. The molecule has 0 aliphatic carbocycles. The van der Waals surface area contributed by atoms with Crippen LogP contribution in [0.5, 0.6) is 23.0 Å². The number of furan rings is 1. The van der Waals surface area contributed by atoms with Gasteiger partial charge < -0.3 is 23.9 Å². The minimum absolute atomic E-state index is 0.188. The highest BCUT2D eigenvalue weighted by Crippen LogP contribution is 2.46. The van der Waals surface area contributed by atoms with Crippen molar-refractivity contribution in [2.75, 3.05) is 27.0 Å². The number of nitrogens with zero attached hydrogens (tertiary/aromatic N) is 1. The Morgan fingerprint density at radius 2 is 1.74 bits per heavy atom. The van der Waals surface area contributed by atoms with Gasteiger partial charge in [-0.05, 0) is 73.5 Å². The summed E-state index contributed by atoms with van der Waals surface area (Å²) < 4.78 is 62.7. The van der Waals surface area contributed by atoms with Gasteiger partial charge in [0.15, 0.2) is 11.5 Å². The Morgan fingerprint density at radius 1 is 1.08 bits per heavy atom. The number of fused-ring (bicyclic) bond motifs is 1.